The van der Waals surface area contributed by atoms with Crippen LogP contribution in [0.5, 0.6) is 0 Å². The number of sulfonamides is 1. The molecule has 206 valence electrons. The number of rotatable bonds is 9. The lowest BCUT2D eigenvalue weighted by molar-refractivity contribution is -0.139. The van der Waals surface area contributed by atoms with Crippen molar-refractivity contribution in [3.63, 3.8) is 0 Å². The lowest BCUT2D eigenvalue weighted by Gasteiger charge is -2.27. The summed E-state index contributed by atoms with van der Waals surface area (Å²) in [7, 11) is -4.53. The number of nitrogens with one attached hydrogen (secondary N) is 3. The van der Waals surface area contributed by atoms with Crippen molar-refractivity contribution in [2.24, 2.45) is 0 Å². The number of hydrogen-bond acceptors (Lipinski definition) is 5. The van der Waals surface area contributed by atoms with Crippen LogP contribution < -0.4 is 15.4 Å². The van der Waals surface area contributed by atoms with Crippen molar-refractivity contribution in [3.05, 3.63) is 95.3 Å². The highest BCUT2D eigenvalue weighted by molar-refractivity contribution is 7.89. The normalized spacial score (nSPS) is 14.8. The largest absolute Gasteiger partial charge is 0.417 e. The zero-order valence-electron chi connectivity index (χ0n) is 20.2. The van der Waals surface area contributed by atoms with Crippen molar-refractivity contribution < 1.29 is 40.3 Å². The third-order valence-corrected chi connectivity index (χ3v) is 7.39. The molecule has 0 saturated carbocycles. The number of carbonyl (C=O) groups is 2. The Morgan fingerprint density at radius 1 is 0.974 bits per heavy atom. The van der Waals surface area contributed by atoms with Gasteiger partial charge in [-0.25, -0.2) is 17.5 Å². The number of anilines is 1. The molecule has 1 atom stereocenters. The van der Waals surface area contributed by atoms with Gasteiger partial charge in [0.15, 0.2) is 0 Å². The molecule has 1 saturated heterocycles. The van der Waals surface area contributed by atoms with Crippen molar-refractivity contribution in [1.29, 1.82) is 0 Å². The van der Waals surface area contributed by atoms with Gasteiger partial charge < -0.3 is 15.4 Å². The number of ether oxygens (including phenoxy) is 1. The fourth-order valence-electron chi connectivity index (χ4n) is 3.78. The van der Waals surface area contributed by atoms with Gasteiger partial charge in [-0.05, 0) is 48.0 Å². The molecule has 8 nitrogen and oxygen atoms in total. The molecule has 1 fully saturated rings. The molecular weight excluding hydrogens is 542 g/mol. The molecular formula is C26H23F4N3O5S. The van der Waals surface area contributed by atoms with Gasteiger partial charge >= 0.3 is 6.18 Å². The standard InChI is InChI=1S/C26H23F4N3O5S/c27-18-8-6-17(7-9-18)24(34)32-22(12-16-4-2-1-3-5-16)25(35)31-19-10-11-23(21(13-19)26(28,29)30)39(36,37)33-20-14-38-15-20/h1-11,13,20,22,33H,12,14-15H2,(H,31,35)(H,32,34)/t22-/m0/s1. The third-order valence-electron chi connectivity index (χ3n) is 5.81. The molecule has 0 unspecified atom stereocenters. The van der Waals surface area contributed by atoms with Gasteiger partial charge in [0.25, 0.3) is 5.91 Å². The summed E-state index contributed by atoms with van der Waals surface area (Å²) in [5, 5.41) is 4.86. The Kier molecular flexibility index (Phi) is 8.33. The smallest absolute Gasteiger partial charge is 0.378 e. The Hall–Kier alpha value is -3.81. The molecule has 1 heterocycles. The highest BCUT2D eigenvalue weighted by atomic mass is 32.2. The zero-order chi connectivity index (χ0) is 28.2. The highest BCUT2D eigenvalue weighted by Gasteiger charge is 2.39. The van der Waals surface area contributed by atoms with Crippen molar-refractivity contribution in [2.75, 3.05) is 18.5 Å². The maximum atomic E-state index is 13.9. The van der Waals surface area contributed by atoms with Crippen molar-refractivity contribution in [3.8, 4) is 0 Å². The van der Waals surface area contributed by atoms with E-state index < -0.39 is 56.4 Å². The van der Waals surface area contributed by atoms with Crippen LogP contribution in [0.4, 0.5) is 23.2 Å². The summed E-state index contributed by atoms with van der Waals surface area (Å²) in [4.78, 5) is 24.9. The lowest BCUT2D eigenvalue weighted by Crippen LogP contribution is -2.48. The minimum absolute atomic E-state index is 0.00835. The maximum absolute atomic E-state index is 13.9. The molecule has 0 aliphatic carbocycles. The summed E-state index contributed by atoms with van der Waals surface area (Å²) in [6.45, 7) is 0.0856. The van der Waals surface area contributed by atoms with Gasteiger partial charge in [0.1, 0.15) is 11.9 Å². The summed E-state index contributed by atoms with van der Waals surface area (Å²) in [5.74, 6) is -2.11. The summed E-state index contributed by atoms with van der Waals surface area (Å²) in [6, 6.07) is 13.6. The van der Waals surface area contributed by atoms with E-state index in [2.05, 4.69) is 15.4 Å². The molecule has 1 aliphatic rings. The summed E-state index contributed by atoms with van der Waals surface area (Å²) in [6.07, 6.45) is -5.06. The second-order valence-corrected chi connectivity index (χ2v) is 10.5. The maximum Gasteiger partial charge on any atom is 0.417 e. The zero-order valence-corrected chi connectivity index (χ0v) is 21.0. The van der Waals surface area contributed by atoms with E-state index in [9.17, 15) is 35.6 Å². The van der Waals surface area contributed by atoms with E-state index in [1.165, 1.54) is 12.1 Å². The first-order valence-electron chi connectivity index (χ1n) is 11.6. The Morgan fingerprint density at radius 2 is 1.64 bits per heavy atom. The Balaban J connectivity index is 1.59. The fraction of sp³-hybridized carbons (Fsp3) is 0.231. The number of hydrogen-bond donors (Lipinski definition) is 3. The number of halogens is 4. The van der Waals surface area contributed by atoms with Gasteiger partial charge in [-0.15, -0.1) is 0 Å². The van der Waals surface area contributed by atoms with Crippen molar-refractivity contribution in [1.82, 2.24) is 10.0 Å². The number of carbonyl (C=O) groups excluding carboxylic acids is 2. The number of benzene rings is 3. The van der Waals surface area contributed by atoms with Crippen LogP contribution in [0.15, 0.2) is 77.7 Å². The van der Waals surface area contributed by atoms with E-state index in [0.29, 0.717) is 11.6 Å². The molecule has 0 spiro atoms. The molecule has 3 N–H and O–H groups in total. The van der Waals surface area contributed by atoms with Crippen LogP contribution in [0.1, 0.15) is 21.5 Å². The van der Waals surface area contributed by atoms with E-state index in [4.69, 9.17) is 4.74 Å². The first-order valence-corrected chi connectivity index (χ1v) is 13.1. The molecule has 39 heavy (non-hydrogen) atoms. The first-order chi connectivity index (χ1) is 18.4. The predicted molar refractivity (Wildman–Crippen MR) is 133 cm³/mol. The van der Waals surface area contributed by atoms with E-state index in [1.807, 2.05) is 0 Å². The van der Waals surface area contributed by atoms with Crippen molar-refractivity contribution in [2.45, 2.75) is 29.6 Å². The molecule has 2 amide bonds. The first kappa shape index (κ1) is 28.2. The topological polar surface area (TPSA) is 114 Å². The van der Waals surface area contributed by atoms with Crippen LogP contribution >= 0.6 is 0 Å². The van der Waals surface area contributed by atoms with E-state index in [1.54, 1.807) is 30.3 Å². The summed E-state index contributed by atoms with van der Waals surface area (Å²) in [5.41, 5.74) is -1.07. The van der Waals surface area contributed by atoms with Gasteiger partial charge in [0.05, 0.1) is 29.7 Å². The molecule has 0 radical (unpaired) electrons. The molecule has 0 aromatic heterocycles. The average molecular weight is 566 g/mol. The van der Waals surface area contributed by atoms with Crippen LogP contribution in [0, 0.1) is 5.82 Å². The fourth-order valence-corrected chi connectivity index (χ4v) is 5.19. The number of alkyl halides is 3. The predicted octanol–water partition coefficient (Wildman–Crippen LogP) is 3.50. The Morgan fingerprint density at radius 3 is 2.23 bits per heavy atom. The SMILES string of the molecule is O=C(N[C@@H](Cc1ccccc1)C(=O)Nc1ccc(S(=O)(=O)NC2COC2)c(C(F)(F)F)c1)c1ccc(F)cc1. The molecule has 3 aromatic rings. The second-order valence-electron chi connectivity index (χ2n) is 8.78. The van der Waals surface area contributed by atoms with Gasteiger partial charge in [0.2, 0.25) is 15.9 Å². The monoisotopic (exact) mass is 565 g/mol. The van der Waals surface area contributed by atoms with Crippen LogP contribution in [-0.2, 0) is 32.2 Å². The van der Waals surface area contributed by atoms with E-state index >= 15 is 0 Å². The highest BCUT2D eigenvalue weighted by Crippen LogP contribution is 2.36. The van der Waals surface area contributed by atoms with Crippen LogP contribution in [-0.4, -0.2) is 45.5 Å². The Bertz CT molecular complexity index is 1440. The van der Waals surface area contributed by atoms with Gasteiger partial charge in [-0.1, -0.05) is 30.3 Å². The van der Waals surface area contributed by atoms with Crippen molar-refractivity contribution >= 4 is 27.5 Å². The van der Waals surface area contributed by atoms with Gasteiger partial charge in [-0.2, -0.15) is 13.2 Å². The quantitative estimate of drug-likeness (QED) is 0.344. The Labute approximate surface area is 221 Å². The minimum Gasteiger partial charge on any atom is -0.378 e. The molecule has 1 aliphatic heterocycles. The van der Waals surface area contributed by atoms with Gasteiger partial charge in [0, 0.05) is 17.7 Å². The number of amides is 2. The summed E-state index contributed by atoms with van der Waals surface area (Å²) < 4.78 is 87.0. The van der Waals surface area contributed by atoms with Crippen LogP contribution in [0.3, 0.4) is 0 Å². The molecule has 3 aromatic carbocycles. The second kappa shape index (κ2) is 11.5. The average Bonchev–Trinajstić information content (AvgIpc) is 2.86. The minimum atomic E-state index is -5.05. The summed E-state index contributed by atoms with van der Waals surface area (Å²) >= 11 is 0. The van der Waals surface area contributed by atoms with Crippen LogP contribution in [0.25, 0.3) is 0 Å². The third kappa shape index (κ3) is 7.19. The molecule has 13 heteroatoms. The lowest BCUT2D eigenvalue weighted by atomic mass is 10.0. The molecule has 4 rings (SSSR count). The van der Waals surface area contributed by atoms with E-state index in [-0.39, 0.29) is 30.9 Å². The van der Waals surface area contributed by atoms with Crippen LogP contribution in [0.2, 0.25) is 0 Å². The van der Waals surface area contributed by atoms with E-state index in [0.717, 1.165) is 24.3 Å². The molecule has 0 bridgehead atoms. The van der Waals surface area contributed by atoms with Gasteiger partial charge in [-0.3, -0.25) is 9.59 Å².